The number of carbonyl (C=O) groups is 4. The van der Waals surface area contributed by atoms with Gasteiger partial charge in [-0.2, -0.15) is 23.5 Å². The van der Waals surface area contributed by atoms with E-state index in [2.05, 4.69) is 26.6 Å². The highest BCUT2D eigenvalue weighted by Crippen LogP contribution is 2.38. The van der Waals surface area contributed by atoms with Crippen molar-refractivity contribution in [1.82, 2.24) is 10.6 Å². The molecule has 30 heteroatoms. The van der Waals surface area contributed by atoms with E-state index < -0.39 is 33.9 Å². The first-order chi connectivity index (χ1) is 38.4. The molecule has 2 N–H and O–H groups in total. The van der Waals surface area contributed by atoms with Crippen LogP contribution in [0.2, 0.25) is 0 Å². The fourth-order valence-corrected chi connectivity index (χ4v) is 8.80. The van der Waals surface area contributed by atoms with Crippen LogP contribution in [0.3, 0.4) is 0 Å². The summed E-state index contributed by atoms with van der Waals surface area (Å²) in [5.74, 6) is -0.338. The number of benzene rings is 2. The normalized spacial score (nSPS) is 19.2. The van der Waals surface area contributed by atoms with Crippen LogP contribution < -0.4 is 29.6 Å². The van der Waals surface area contributed by atoms with E-state index in [0.29, 0.717) is 120 Å². The lowest BCUT2D eigenvalue weighted by Crippen LogP contribution is -2.43. The number of ether oxygens (including phenoxy) is 15. The number of nitrogens with zero attached hydrogens (tertiary/aromatic N) is 2. The number of esters is 2. The maximum absolute atomic E-state index is 12.4. The zero-order valence-electron chi connectivity index (χ0n) is 44.7. The van der Waals surface area contributed by atoms with E-state index >= 15 is 0 Å². The second-order valence-corrected chi connectivity index (χ2v) is 19.0. The monoisotopic (exact) mass is 1240 g/mol. The van der Waals surface area contributed by atoms with Crippen molar-refractivity contribution >= 4 is 74.6 Å². The Hall–Kier alpha value is -4.86. The van der Waals surface area contributed by atoms with Crippen LogP contribution in [0.15, 0.2) is 24.3 Å². The predicted octanol–water partition coefficient (Wildman–Crippen LogP) is 4.10. The maximum Gasteiger partial charge on any atom is 0.329 e. The molecule has 2 atom stereocenters. The van der Waals surface area contributed by atoms with Crippen molar-refractivity contribution in [2.75, 3.05) is 177 Å². The zero-order valence-corrected chi connectivity index (χ0v) is 48.0. The Morgan fingerprint density at radius 3 is 1.21 bits per heavy atom. The number of alkyl halides is 1. The number of rotatable bonds is 11. The van der Waals surface area contributed by atoms with Crippen LogP contribution in [0.5, 0.6) is 23.0 Å². The second kappa shape index (κ2) is 44.8. The highest BCUT2D eigenvalue weighted by atomic mass is 79.9. The first kappa shape index (κ1) is 71.2. The lowest BCUT2D eigenvalue weighted by Gasteiger charge is -2.17. The first-order valence-corrected chi connectivity index (χ1v) is 28.6. The number of carbonyl (C=O) groups excluding carboxylic acids is 4. The Kier molecular flexibility index (Phi) is 39.9. The van der Waals surface area contributed by atoms with Crippen LogP contribution in [-0.4, -0.2) is 223 Å². The largest absolute Gasteiger partial charge is 0.489 e. The standard InChI is InChI=1S/C25H38N2O12S.C24H35BrN2O11S.CH4/c1-32-5-13-38-22-15-19-17-40-18-20(25(29)33-2)26-24(28)3-4-34-6-7-35-8-9-36-10-11-37-12-14-39-23(22)16-21(19)27(30)31;1-32-24(29)19-17-39-16-18-14-21(37-5-3-25)22(15-20(18)27(30)31)38-13-12-36-11-10-35-9-8-34-7-6-33-4-2-23(28)26-19;/h15-16,20H,3-14,17-18H2,1-2H3,(H,26,28);14-15,19H,2-13,16-17H2,1H3,(H,26,28);1H4. The smallest absolute Gasteiger partial charge is 0.329 e. The minimum Gasteiger partial charge on any atom is -0.489 e. The van der Waals surface area contributed by atoms with Gasteiger partial charge in [0, 0.05) is 59.4 Å². The Balaban J connectivity index is 0.000000540. The van der Waals surface area contributed by atoms with Crippen LogP contribution in [0.1, 0.15) is 31.4 Å². The van der Waals surface area contributed by atoms with Gasteiger partial charge in [0.05, 0.1) is 155 Å². The molecule has 4 aliphatic rings. The summed E-state index contributed by atoms with van der Waals surface area (Å²) in [6.45, 7) is 6.20. The lowest BCUT2D eigenvalue weighted by molar-refractivity contribution is -0.385. The van der Waals surface area contributed by atoms with Gasteiger partial charge in [-0.05, 0) is 12.1 Å². The summed E-state index contributed by atoms with van der Waals surface area (Å²) in [6.07, 6.45) is 0.0822. The summed E-state index contributed by atoms with van der Waals surface area (Å²) < 4.78 is 81.2. The predicted molar refractivity (Wildman–Crippen MR) is 297 cm³/mol. The summed E-state index contributed by atoms with van der Waals surface area (Å²) in [5, 5.41) is 29.5. The molecule has 0 fully saturated rings. The number of nitrogens with one attached hydrogen (secondary N) is 2. The van der Waals surface area contributed by atoms with Crippen LogP contribution >= 0.6 is 39.5 Å². The summed E-state index contributed by atoms with van der Waals surface area (Å²) >= 11 is 5.76. The van der Waals surface area contributed by atoms with Crippen molar-refractivity contribution in [1.29, 1.82) is 0 Å². The van der Waals surface area contributed by atoms with Crippen molar-refractivity contribution in [3.05, 3.63) is 55.6 Å². The van der Waals surface area contributed by atoms with Gasteiger partial charge >= 0.3 is 11.9 Å². The number of nitro benzene ring substituents is 2. The molecule has 0 aliphatic carbocycles. The van der Waals surface area contributed by atoms with Gasteiger partial charge in [0.2, 0.25) is 11.8 Å². The molecule has 2 aromatic carbocycles. The van der Waals surface area contributed by atoms with Gasteiger partial charge in [-0.3, -0.25) is 29.8 Å². The van der Waals surface area contributed by atoms with E-state index in [1.807, 2.05) is 0 Å². The maximum atomic E-state index is 12.4. The van der Waals surface area contributed by atoms with Crippen LogP contribution in [-0.2, 0) is 82.8 Å². The molecule has 6 rings (SSSR count). The van der Waals surface area contributed by atoms with Gasteiger partial charge in [-0.25, -0.2) is 9.59 Å². The summed E-state index contributed by atoms with van der Waals surface area (Å²) in [4.78, 5) is 71.9. The average molecular weight is 1250 g/mol. The molecule has 2 unspecified atom stereocenters. The Bertz CT molecular complexity index is 2120. The zero-order chi connectivity index (χ0) is 57.3. The molecule has 2 aromatic rings. The number of hydrogen-bond acceptors (Lipinski definition) is 25. The van der Waals surface area contributed by atoms with Crippen molar-refractivity contribution < 1.29 is 100 Å². The van der Waals surface area contributed by atoms with E-state index in [-0.39, 0.29) is 124 Å². The topological polar surface area (TPSA) is 317 Å². The highest BCUT2D eigenvalue weighted by molar-refractivity contribution is 9.09. The van der Waals surface area contributed by atoms with Crippen LogP contribution in [0.25, 0.3) is 0 Å². The Morgan fingerprint density at radius 1 is 0.550 bits per heavy atom. The minimum absolute atomic E-state index is 0. The number of fused-ring (bicyclic) bond motifs is 44. The molecule has 4 aliphatic heterocycles. The van der Waals surface area contributed by atoms with Crippen molar-refractivity contribution in [3.63, 3.8) is 0 Å². The van der Waals surface area contributed by atoms with E-state index in [1.165, 1.54) is 63.1 Å². The minimum atomic E-state index is -0.945. The van der Waals surface area contributed by atoms with E-state index in [9.17, 15) is 39.4 Å². The van der Waals surface area contributed by atoms with Gasteiger partial charge in [-0.15, -0.1) is 0 Å². The number of methoxy groups -OCH3 is 3. The van der Waals surface area contributed by atoms with Crippen molar-refractivity contribution in [2.24, 2.45) is 0 Å². The average Bonchev–Trinajstić information content (AvgIpc) is 3.44. The first-order valence-electron chi connectivity index (χ1n) is 25.1. The third-order valence-electron chi connectivity index (χ3n) is 10.4. The molecule has 0 radical (unpaired) electrons. The molecule has 27 nitrogen and oxygen atoms in total. The molecule has 80 heavy (non-hydrogen) atoms. The fourth-order valence-electron chi connectivity index (χ4n) is 6.59. The number of nitro groups is 2. The van der Waals surface area contributed by atoms with Crippen molar-refractivity contribution in [2.45, 2.75) is 43.9 Å². The molecular formula is C50H77BrN4O23S2. The second-order valence-electron chi connectivity index (χ2n) is 16.2. The third kappa shape index (κ3) is 30.3. The number of amides is 2. The van der Waals surface area contributed by atoms with Gasteiger partial charge < -0.3 is 81.7 Å². The molecule has 0 saturated carbocycles. The molecule has 0 aromatic heterocycles. The molecule has 0 saturated heterocycles. The molecule has 0 spiro atoms. The summed E-state index contributed by atoms with van der Waals surface area (Å²) in [7, 11) is 3.98. The highest BCUT2D eigenvalue weighted by Gasteiger charge is 2.27. The summed E-state index contributed by atoms with van der Waals surface area (Å²) in [5.41, 5.74) is 0.423. The lowest BCUT2D eigenvalue weighted by atomic mass is 10.2. The van der Waals surface area contributed by atoms with Crippen LogP contribution in [0, 0.1) is 20.2 Å². The SMILES string of the molecule is C.COC(=O)C1CSCc2cc(OCCBr)c(cc2[N+](=O)[O-])OCCOCCOCCOCCOCCC(=O)N1.COCCOc1cc2c([N+](=O)[O-])cc1OCCOCCOCCOCCOCCC(=O)NC(C(=O)OC)CSC2. The molecular weight excluding hydrogens is 1170 g/mol. The van der Waals surface area contributed by atoms with Crippen LogP contribution in [0.4, 0.5) is 11.4 Å². The van der Waals surface area contributed by atoms with Gasteiger partial charge in [0.25, 0.3) is 11.4 Å². The third-order valence-corrected chi connectivity index (χ3v) is 12.9. The molecule has 2 amide bonds. The van der Waals surface area contributed by atoms with E-state index in [1.54, 1.807) is 6.07 Å². The Labute approximate surface area is 482 Å². The Morgan fingerprint density at radius 2 is 0.887 bits per heavy atom. The van der Waals surface area contributed by atoms with Gasteiger partial charge in [0.1, 0.15) is 31.9 Å². The molecule has 4 heterocycles. The number of hydrogen-bond donors (Lipinski definition) is 2. The van der Waals surface area contributed by atoms with E-state index in [4.69, 9.17) is 71.1 Å². The quantitative estimate of drug-likeness (QED) is 0.0798. The van der Waals surface area contributed by atoms with Gasteiger partial charge in [0.15, 0.2) is 23.0 Å². The number of thioether (sulfide) groups is 2. The van der Waals surface area contributed by atoms with Gasteiger partial charge in [-0.1, -0.05) is 23.4 Å². The number of halogens is 1. The molecule has 454 valence electrons. The fraction of sp³-hybridized carbons (Fsp3) is 0.680. The van der Waals surface area contributed by atoms with E-state index in [0.717, 1.165) is 0 Å². The summed E-state index contributed by atoms with van der Waals surface area (Å²) in [6, 6.07) is 3.85. The molecule has 4 bridgehead atoms. The van der Waals surface area contributed by atoms with Crippen molar-refractivity contribution in [3.8, 4) is 23.0 Å².